The molecule has 1 rings (SSSR count). The van der Waals surface area contributed by atoms with Crippen LogP contribution in [0.2, 0.25) is 0 Å². The van der Waals surface area contributed by atoms with Gasteiger partial charge < -0.3 is 10.1 Å². The molecule has 1 saturated heterocycles. The summed E-state index contributed by atoms with van der Waals surface area (Å²) in [6.07, 6.45) is 2.88. The van der Waals surface area contributed by atoms with Crippen LogP contribution < -0.4 is 5.32 Å². The Kier molecular flexibility index (Phi) is 4.87. The number of ether oxygens (including phenoxy) is 1. The molecule has 1 N–H and O–H groups in total. The Bertz CT molecular complexity index is 203. The minimum Gasteiger partial charge on any atom is -0.456 e. The zero-order chi connectivity index (χ0) is 10.6. The van der Waals surface area contributed by atoms with Crippen LogP contribution in [0.25, 0.3) is 0 Å². The van der Waals surface area contributed by atoms with E-state index in [9.17, 15) is 4.79 Å². The molecule has 82 valence electrons. The third-order valence-corrected chi connectivity index (χ3v) is 3.32. The first kappa shape index (κ1) is 12.5. The van der Waals surface area contributed by atoms with E-state index in [1.54, 1.807) is 0 Å². The van der Waals surface area contributed by atoms with E-state index in [2.05, 4.69) is 44.1 Å². The lowest BCUT2D eigenvalue weighted by Crippen LogP contribution is -2.49. The van der Waals surface area contributed by atoms with Crippen LogP contribution in [0.4, 0.5) is 0 Å². The van der Waals surface area contributed by atoms with Gasteiger partial charge in [-0.25, -0.2) is 4.79 Å². The average Bonchev–Trinajstić information content (AvgIpc) is 2.19. The fourth-order valence-corrected chi connectivity index (χ4v) is 1.85. The molecule has 0 saturated carbocycles. The molecule has 5 heteroatoms. The molecule has 14 heavy (non-hydrogen) atoms. The zero-order valence-electron chi connectivity index (χ0n) is 8.19. The Morgan fingerprint density at radius 2 is 2.36 bits per heavy atom. The van der Waals surface area contributed by atoms with Crippen molar-refractivity contribution in [1.82, 2.24) is 5.32 Å². The number of rotatable bonds is 3. The van der Waals surface area contributed by atoms with Crippen molar-refractivity contribution >= 4 is 37.8 Å². The molecule has 1 fully saturated rings. The molecular formula is C9H15Br2NO2. The normalized spacial score (nSPS) is 27.7. The lowest BCUT2D eigenvalue weighted by atomic mass is 9.91. The second kappa shape index (κ2) is 5.47. The zero-order valence-corrected chi connectivity index (χ0v) is 11.4. The van der Waals surface area contributed by atoms with Gasteiger partial charge in [-0.2, -0.15) is 0 Å². The Hall–Kier alpha value is 0.390. The van der Waals surface area contributed by atoms with Gasteiger partial charge in [0.15, 0.2) is 3.74 Å². The van der Waals surface area contributed by atoms with Crippen molar-refractivity contribution < 1.29 is 9.53 Å². The standard InChI is InChI=1S/C9H15Br2NO2/c1-2-9(4-3-5-12-6-9)14-8(13)7(10)11/h7,12H,2-6H2,1H3. The van der Waals surface area contributed by atoms with Gasteiger partial charge in [0.25, 0.3) is 0 Å². The van der Waals surface area contributed by atoms with E-state index in [0.29, 0.717) is 0 Å². The summed E-state index contributed by atoms with van der Waals surface area (Å²) in [5.41, 5.74) is -0.297. The van der Waals surface area contributed by atoms with Gasteiger partial charge in [0.1, 0.15) is 5.60 Å². The van der Waals surface area contributed by atoms with Gasteiger partial charge in [-0.15, -0.1) is 0 Å². The number of carbonyl (C=O) groups excluding carboxylic acids is 1. The highest BCUT2D eigenvalue weighted by molar-refractivity contribution is 9.25. The summed E-state index contributed by atoms with van der Waals surface area (Å²) in [6, 6.07) is 0. The number of piperidine rings is 1. The average molecular weight is 329 g/mol. The first-order chi connectivity index (χ1) is 6.59. The van der Waals surface area contributed by atoms with Gasteiger partial charge in [-0.05, 0) is 25.8 Å². The van der Waals surface area contributed by atoms with Crippen molar-refractivity contribution in [2.24, 2.45) is 0 Å². The molecule has 1 atom stereocenters. The van der Waals surface area contributed by atoms with E-state index in [4.69, 9.17) is 4.74 Å². The molecule has 0 aromatic rings. The van der Waals surface area contributed by atoms with E-state index >= 15 is 0 Å². The monoisotopic (exact) mass is 327 g/mol. The van der Waals surface area contributed by atoms with Crippen LogP contribution in [-0.4, -0.2) is 28.4 Å². The minimum atomic E-state index is -0.402. The lowest BCUT2D eigenvalue weighted by Gasteiger charge is -2.36. The molecule has 3 nitrogen and oxygen atoms in total. The number of hydrogen-bond donors (Lipinski definition) is 1. The van der Waals surface area contributed by atoms with Gasteiger partial charge in [-0.1, -0.05) is 38.8 Å². The van der Waals surface area contributed by atoms with Crippen molar-refractivity contribution in [1.29, 1.82) is 0 Å². The van der Waals surface area contributed by atoms with E-state index in [1.165, 1.54) is 0 Å². The molecule has 1 aliphatic rings. The molecule has 0 aromatic carbocycles. The van der Waals surface area contributed by atoms with E-state index in [1.807, 2.05) is 0 Å². The Morgan fingerprint density at radius 1 is 1.64 bits per heavy atom. The second-order valence-corrected chi connectivity index (χ2v) is 6.60. The van der Waals surface area contributed by atoms with E-state index in [-0.39, 0.29) is 11.6 Å². The van der Waals surface area contributed by atoms with Crippen molar-refractivity contribution in [2.45, 2.75) is 35.5 Å². The van der Waals surface area contributed by atoms with Crippen LogP contribution >= 0.6 is 31.9 Å². The highest BCUT2D eigenvalue weighted by Gasteiger charge is 2.35. The minimum absolute atomic E-state index is 0.240. The highest BCUT2D eigenvalue weighted by atomic mass is 79.9. The van der Waals surface area contributed by atoms with Gasteiger partial charge in [0.05, 0.1) is 0 Å². The third-order valence-electron chi connectivity index (χ3n) is 2.57. The number of alkyl halides is 2. The first-order valence-electron chi connectivity index (χ1n) is 4.81. The number of carbonyl (C=O) groups is 1. The number of hydrogen-bond acceptors (Lipinski definition) is 3. The van der Waals surface area contributed by atoms with Crippen molar-refractivity contribution in [3.8, 4) is 0 Å². The Balaban J connectivity index is 2.56. The van der Waals surface area contributed by atoms with Crippen molar-refractivity contribution in [3.63, 3.8) is 0 Å². The van der Waals surface area contributed by atoms with Crippen molar-refractivity contribution in [3.05, 3.63) is 0 Å². The number of nitrogens with one attached hydrogen (secondary N) is 1. The van der Waals surface area contributed by atoms with Crippen molar-refractivity contribution in [2.75, 3.05) is 13.1 Å². The highest BCUT2D eigenvalue weighted by Crippen LogP contribution is 2.26. The van der Waals surface area contributed by atoms with E-state index in [0.717, 1.165) is 32.4 Å². The Labute approximate surface area is 101 Å². The predicted molar refractivity (Wildman–Crippen MR) is 62.9 cm³/mol. The molecule has 1 heterocycles. The Morgan fingerprint density at radius 3 is 2.79 bits per heavy atom. The summed E-state index contributed by atoms with van der Waals surface area (Å²) in [7, 11) is 0. The van der Waals surface area contributed by atoms with Crippen LogP contribution in [0, 0.1) is 0 Å². The van der Waals surface area contributed by atoms with E-state index < -0.39 is 3.74 Å². The summed E-state index contributed by atoms with van der Waals surface area (Å²) in [4.78, 5) is 11.4. The molecule has 0 spiro atoms. The van der Waals surface area contributed by atoms with Gasteiger partial charge in [0.2, 0.25) is 0 Å². The predicted octanol–water partition coefficient (Wildman–Crippen LogP) is 2.18. The summed E-state index contributed by atoms with van der Waals surface area (Å²) < 4.78 is 5.09. The van der Waals surface area contributed by atoms with Gasteiger partial charge >= 0.3 is 5.97 Å². The summed E-state index contributed by atoms with van der Waals surface area (Å²) in [5.74, 6) is -0.240. The topological polar surface area (TPSA) is 38.3 Å². The second-order valence-electron chi connectivity index (χ2n) is 3.54. The summed E-state index contributed by atoms with van der Waals surface area (Å²) in [6.45, 7) is 3.84. The molecule has 0 amide bonds. The fourth-order valence-electron chi connectivity index (χ4n) is 1.66. The molecule has 0 radical (unpaired) electrons. The SMILES string of the molecule is CCC1(OC(=O)C(Br)Br)CCCNC1. The van der Waals surface area contributed by atoms with Crippen LogP contribution in [0.15, 0.2) is 0 Å². The quantitative estimate of drug-likeness (QED) is 0.637. The van der Waals surface area contributed by atoms with Gasteiger partial charge in [0, 0.05) is 6.54 Å². The van der Waals surface area contributed by atoms with Crippen LogP contribution in [0.3, 0.4) is 0 Å². The molecular weight excluding hydrogens is 314 g/mol. The molecule has 1 unspecified atom stereocenters. The first-order valence-corrected chi connectivity index (χ1v) is 6.64. The van der Waals surface area contributed by atoms with Crippen LogP contribution in [0.1, 0.15) is 26.2 Å². The molecule has 0 aromatic heterocycles. The summed E-state index contributed by atoms with van der Waals surface area (Å²) >= 11 is 6.28. The molecule has 0 bridgehead atoms. The molecule has 0 aliphatic carbocycles. The van der Waals surface area contributed by atoms with Gasteiger partial charge in [-0.3, -0.25) is 0 Å². The number of halogens is 2. The summed E-state index contributed by atoms with van der Waals surface area (Å²) in [5, 5.41) is 3.26. The van der Waals surface area contributed by atoms with Crippen LogP contribution in [0.5, 0.6) is 0 Å². The lowest BCUT2D eigenvalue weighted by molar-refractivity contribution is -0.159. The maximum Gasteiger partial charge on any atom is 0.331 e. The van der Waals surface area contributed by atoms with Crippen LogP contribution in [-0.2, 0) is 9.53 Å². The maximum atomic E-state index is 11.4. The smallest absolute Gasteiger partial charge is 0.331 e. The molecule has 1 aliphatic heterocycles. The maximum absolute atomic E-state index is 11.4. The largest absolute Gasteiger partial charge is 0.456 e. The number of esters is 1. The fraction of sp³-hybridized carbons (Fsp3) is 0.889. The third kappa shape index (κ3) is 3.21.